The number of aromatic nitrogens is 6. The van der Waals surface area contributed by atoms with Crippen LogP contribution in [0.2, 0.25) is 0 Å². The monoisotopic (exact) mass is 329 g/mol. The molecular weight excluding hydrogens is 314 g/mol. The van der Waals surface area contributed by atoms with Crippen molar-refractivity contribution in [3.05, 3.63) is 52.3 Å². The maximum Gasteiger partial charge on any atom is 0.306 e. The predicted molar refractivity (Wildman–Crippen MR) is 82.9 cm³/mol. The molecule has 0 fully saturated rings. The van der Waals surface area contributed by atoms with Crippen LogP contribution in [0.1, 0.15) is 5.56 Å². The first-order valence-electron chi connectivity index (χ1n) is 7.21. The summed E-state index contributed by atoms with van der Waals surface area (Å²) in [5.41, 5.74) is 1.78. The number of aliphatic hydroxyl groups excluding tert-OH is 1. The van der Waals surface area contributed by atoms with Crippen molar-refractivity contribution in [3.8, 4) is 11.4 Å². The van der Waals surface area contributed by atoms with Gasteiger partial charge in [-0.2, -0.15) is 9.90 Å². The Hall–Kier alpha value is -3.14. The fourth-order valence-electron chi connectivity index (χ4n) is 2.26. The molecule has 1 aromatic carbocycles. The smallest absolute Gasteiger partial charge is 0.306 e. The van der Waals surface area contributed by atoms with E-state index >= 15 is 0 Å². The van der Waals surface area contributed by atoms with Crippen LogP contribution in [0.4, 0.5) is 5.69 Å². The molecule has 0 aliphatic rings. The zero-order chi connectivity index (χ0) is 17.1. The van der Waals surface area contributed by atoms with E-state index in [9.17, 15) is 15.2 Å². The minimum atomic E-state index is -0.858. The molecule has 3 rings (SSSR count). The van der Waals surface area contributed by atoms with Gasteiger partial charge in [0.25, 0.3) is 0 Å². The van der Waals surface area contributed by atoms with Gasteiger partial charge in [0, 0.05) is 5.56 Å². The predicted octanol–water partition coefficient (Wildman–Crippen LogP) is 0.814. The van der Waals surface area contributed by atoms with Crippen LogP contribution in [0.25, 0.3) is 11.4 Å². The summed E-state index contributed by atoms with van der Waals surface area (Å²) >= 11 is 0. The second-order valence-electron chi connectivity index (χ2n) is 5.31. The van der Waals surface area contributed by atoms with E-state index in [0.717, 1.165) is 17.3 Å². The zero-order valence-corrected chi connectivity index (χ0v) is 12.8. The summed E-state index contributed by atoms with van der Waals surface area (Å²) in [7, 11) is 0. The lowest BCUT2D eigenvalue weighted by Crippen LogP contribution is -2.23. The van der Waals surface area contributed by atoms with E-state index in [2.05, 4.69) is 20.5 Å². The molecule has 1 N–H and O–H groups in total. The van der Waals surface area contributed by atoms with Crippen molar-refractivity contribution < 1.29 is 10.0 Å². The first-order chi connectivity index (χ1) is 11.5. The molecule has 2 aromatic heterocycles. The molecule has 3 aromatic rings. The molecule has 2 heterocycles. The highest BCUT2D eigenvalue weighted by atomic mass is 16.6. The van der Waals surface area contributed by atoms with E-state index in [1.165, 1.54) is 15.7 Å². The molecule has 0 unspecified atom stereocenters. The molecule has 0 spiro atoms. The summed E-state index contributed by atoms with van der Waals surface area (Å²) in [5, 5.41) is 36.7. The highest BCUT2D eigenvalue weighted by Gasteiger charge is 2.14. The molecule has 124 valence electrons. The van der Waals surface area contributed by atoms with Gasteiger partial charge in [-0.1, -0.05) is 24.3 Å². The first-order valence-corrected chi connectivity index (χ1v) is 7.21. The Labute approximate surface area is 136 Å². The number of aryl methyl sites for hydroxylation is 1. The number of nitro groups is 1. The molecule has 0 aliphatic carbocycles. The molecule has 1 atom stereocenters. The molecule has 0 aliphatic heterocycles. The summed E-state index contributed by atoms with van der Waals surface area (Å²) in [6.45, 7) is 2.15. The topological polar surface area (TPSA) is 125 Å². The molecule has 10 nitrogen and oxygen atoms in total. The van der Waals surface area contributed by atoms with Gasteiger partial charge in [-0.05, 0) is 17.7 Å². The van der Waals surface area contributed by atoms with Crippen molar-refractivity contribution >= 4 is 5.69 Å². The Kier molecular flexibility index (Phi) is 4.29. The van der Waals surface area contributed by atoms with E-state index in [1.807, 2.05) is 31.2 Å². The standard InChI is InChI=1S/C14H15N7O3/c1-10-4-2-3-5-13(10)14-16-18-20(17-14)9-12(22)8-19-7-11(6-15-19)21(23)24/h2-7,12,22H,8-9H2,1H3/t12-/m1/s1. The summed E-state index contributed by atoms with van der Waals surface area (Å²) < 4.78 is 1.31. The Morgan fingerprint density at radius 3 is 2.83 bits per heavy atom. The fraction of sp³-hybridized carbons (Fsp3) is 0.286. The summed E-state index contributed by atoms with van der Waals surface area (Å²) in [4.78, 5) is 11.4. The number of benzene rings is 1. The average molecular weight is 329 g/mol. The fourth-order valence-corrected chi connectivity index (χ4v) is 2.26. The van der Waals surface area contributed by atoms with E-state index in [1.54, 1.807) is 0 Å². The summed E-state index contributed by atoms with van der Waals surface area (Å²) in [6, 6.07) is 7.67. The van der Waals surface area contributed by atoms with Crippen LogP contribution >= 0.6 is 0 Å². The Bertz CT molecular complexity index is 857. The molecule has 10 heteroatoms. The molecule has 0 saturated heterocycles. The third kappa shape index (κ3) is 3.43. The third-order valence-electron chi connectivity index (χ3n) is 3.44. The van der Waals surface area contributed by atoms with Gasteiger partial charge in [0.05, 0.1) is 24.1 Å². The van der Waals surface area contributed by atoms with Crippen LogP contribution in [0.3, 0.4) is 0 Å². The third-order valence-corrected chi connectivity index (χ3v) is 3.44. The van der Waals surface area contributed by atoms with Crippen LogP contribution < -0.4 is 0 Å². The van der Waals surface area contributed by atoms with Crippen molar-refractivity contribution in [2.75, 3.05) is 0 Å². The van der Waals surface area contributed by atoms with E-state index < -0.39 is 11.0 Å². The number of nitrogens with zero attached hydrogens (tertiary/aromatic N) is 7. The van der Waals surface area contributed by atoms with E-state index in [4.69, 9.17) is 0 Å². The number of hydrogen-bond donors (Lipinski definition) is 1. The second-order valence-corrected chi connectivity index (χ2v) is 5.31. The number of tetrazole rings is 1. The lowest BCUT2D eigenvalue weighted by molar-refractivity contribution is -0.385. The molecule has 0 bridgehead atoms. The molecule has 0 radical (unpaired) electrons. The highest BCUT2D eigenvalue weighted by Crippen LogP contribution is 2.17. The number of aliphatic hydroxyl groups is 1. The van der Waals surface area contributed by atoms with Crippen LogP contribution in [0, 0.1) is 17.0 Å². The summed E-state index contributed by atoms with van der Waals surface area (Å²) in [5.74, 6) is 0.482. The first kappa shape index (κ1) is 15.7. The minimum absolute atomic E-state index is 0.0923. The van der Waals surface area contributed by atoms with Crippen molar-refractivity contribution in [1.82, 2.24) is 30.0 Å². The zero-order valence-electron chi connectivity index (χ0n) is 12.8. The average Bonchev–Trinajstić information content (AvgIpc) is 3.17. The maximum atomic E-state index is 10.6. The van der Waals surface area contributed by atoms with Gasteiger partial charge in [0.15, 0.2) is 0 Å². The van der Waals surface area contributed by atoms with Gasteiger partial charge in [0.2, 0.25) is 5.82 Å². The lowest BCUT2D eigenvalue weighted by atomic mass is 10.1. The largest absolute Gasteiger partial charge is 0.389 e. The Morgan fingerprint density at radius 2 is 2.12 bits per heavy atom. The maximum absolute atomic E-state index is 10.6. The van der Waals surface area contributed by atoms with Gasteiger partial charge in [0.1, 0.15) is 12.4 Å². The second kappa shape index (κ2) is 6.54. The van der Waals surface area contributed by atoms with E-state index in [-0.39, 0.29) is 18.8 Å². The van der Waals surface area contributed by atoms with Crippen molar-refractivity contribution in [2.45, 2.75) is 26.1 Å². The number of rotatable bonds is 6. The van der Waals surface area contributed by atoms with Gasteiger partial charge < -0.3 is 5.11 Å². The minimum Gasteiger partial charge on any atom is -0.389 e. The normalized spacial score (nSPS) is 12.2. The Morgan fingerprint density at radius 1 is 1.33 bits per heavy atom. The molecular formula is C14H15N7O3. The lowest BCUT2D eigenvalue weighted by Gasteiger charge is -2.08. The quantitative estimate of drug-likeness (QED) is 0.524. The van der Waals surface area contributed by atoms with Gasteiger partial charge in [-0.25, -0.2) is 0 Å². The highest BCUT2D eigenvalue weighted by molar-refractivity contribution is 5.58. The SMILES string of the molecule is Cc1ccccc1-c1nnn(C[C@H](O)Cn2cc([N+](=O)[O-])cn2)n1. The summed E-state index contributed by atoms with van der Waals surface area (Å²) in [6.07, 6.45) is 1.54. The van der Waals surface area contributed by atoms with Gasteiger partial charge in [-0.15, -0.1) is 10.2 Å². The molecule has 24 heavy (non-hydrogen) atoms. The van der Waals surface area contributed by atoms with Crippen LogP contribution in [0.15, 0.2) is 36.7 Å². The molecule has 0 amide bonds. The van der Waals surface area contributed by atoms with Gasteiger partial charge >= 0.3 is 5.69 Å². The van der Waals surface area contributed by atoms with Crippen LogP contribution in [-0.2, 0) is 13.1 Å². The Balaban J connectivity index is 1.65. The van der Waals surface area contributed by atoms with Crippen molar-refractivity contribution in [3.63, 3.8) is 0 Å². The van der Waals surface area contributed by atoms with Crippen molar-refractivity contribution in [1.29, 1.82) is 0 Å². The van der Waals surface area contributed by atoms with E-state index in [0.29, 0.717) is 5.82 Å². The van der Waals surface area contributed by atoms with Crippen molar-refractivity contribution in [2.24, 2.45) is 0 Å². The number of hydrogen-bond acceptors (Lipinski definition) is 7. The van der Waals surface area contributed by atoms with Crippen LogP contribution in [0.5, 0.6) is 0 Å². The molecule has 0 saturated carbocycles. The van der Waals surface area contributed by atoms with Crippen LogP contribution in [-0.4, -0.2) is 46.1 Å². The van der Waals surface area contributed by atoms with Gasteiger partial charge in [-0.3, -0.25) is 14.8 Å².